The second kappa shape index (κ2) is 8.26. The van der Waals surface area contributed by atoms with Crippen molar-refractivity contribution in [2.24, 2.45) is 0 Å². The van der Waals surface area contributed by atoms with Crippen molar-refractivity contribution in [3.8, 4) is 5.75 Å². The van der Waals surface area contributed by atoms with E-state index < -0.39 is 27.1 Å². The van der Waals surface area contributed by atoms with E-state index in [9.17, 15) is 25.0 Å². The molecule has 0 aliphatic rings. The normalized spacial score (nSPS) is 10.2. The Hall–Kier alpha value is -3.20. The summed E-state index contributed by atoms with van der Waals surface area (Å²) in [4.78, 5) is 33.9. The number of carbonyl (C=O) groups is 1. The van der Waals surface area contributed by atoms with Gasteiger partial charge in [0.05, 0.1) is 28.0 Å². The molecule has 0 aliphatic heterocycles. The van der Waals surface area contributed by atoms with Gasteiger partial charge in [0.1, 0.15) is 12.4 Å². The van der Waals surface area contributed by atoms with Crippen LogP contribution in [0.25, 0.3) is 0 Å². The number of amides is 1. The molecule has 0 saturated heterocycles. The fourth-order valence-corrected chi connectivity index (χ4v) is 2.29. The molecule has 0 unspecified atom stereocenters. The summed E-state index contributed by atoms with van der Waals surface area (Å²) < 4.78 is 5.47. The van der Waals surface area contributed by atoms with Crippen molar-refractivity contribution in [2.75, 3.05) is 20.2 Å². The molecule has 0 aromatic heterocycles. The lowest BCUT2D eigenvalue weighted by molar-refractivity contribution is -0.394. The van der Waals surface area contributed by atoms with Crippen molar-refractivity contribution in [2.45, 2.75) is 0 Å². The number of nitro benzene ring substituents is 2. The molecule has 9 nitrogen and oxygen atoms in total. The standard InChI is InChI=1S/C16H14ClN3O6/c1-18(5-6-26-15-4-2-3-12(17)9-15)16(21)11-7-13(19(22)23)10-14(8-11)20(24)25/h2-4,7-10H,5-6H2,1H3. The molecule has 0 spiro atoms. The largest absolute Gasteiger partial charge is 0.492 e. The van der Waals surface area contributed by atoms with Gasteiger partial charge in [-0.05, 0) is 18.2 Å². The zero-order valence-corrected chi connectivity index (χ0v) is 14.4. The Balaban J connectivity index is 2.07. The average molecular weight is 380 g/mol. The zero-order chi connectivity index (χ0) is 19.3. The molecule has 0 heterocycles. The maximum Gasteiger partial charge on any atom is 0.277 e. The van der Waals surface area contributed by atoms with Crippen LogP contribution in [0.1, 0.15) is 10.4 Å². The van der Waals surface area contributed by atoms with Crippen LogP contribution < -0.4 is 4.74 Å². The highest BCUT2D eigenvalue weighted by Crippen LogP contribution is 2.23. The molecule has 136 valence electrons. The van der Waals surface area contributed by atoms with E-state index in [4.69, 9.17) is 16.3 Å². The van der Waals surface area contributed by atoms with Gasteiger partial charge in [0, 0.05) is 24.2 Å². The van der Waals surface area contributed by atoms with Crippen molar-refractivity contribution in [1.29, 1.82) is 0 Å². The number of hydrogen-bond donors (Lipinski definition) is 0. The van der Waals surface area contributed by atoms with Crippen molar-refractivity contribution in [1.82, 2.24) is 4.90 Å². The fraction of sp³-hybridized carbons (Fsp3) is 0.188. The van der Waals surface area contributed by atoms with Gasteiger partial charge in [-0.3, -0.25) is 25.0 Å². The van der Waals surface area contributed by atoms with Crippen LogP contribution in [-0.4, -0.2) is 40.9 Å². The molecule has 10 heteroatoms. The Morgan fingerprint density at radius 1 is 1.12 bits per heavy atom. The second-order valence-electron chi connectivity index (χ2n) is 5.28. The zero-order valence-electron chi connectivity index (χ0n) is 13.6. The topological polar surface area (TPSA) is 116 Å². The summed E-state index contributed by atoms with van der Waals surface area (Å²) in [6.45, 7) is 0.321. The Morgan fingerprint density at radius 2 is 1.73 bits per heavy atom. The molecular formula is C16H14ClN3O6. The summed E-state index contributed by atoms with van der Waals surface area (Å²) in [6, 6.07) is 9.55. The smallest absolute Gasteiger partial charge is 0.277 e. The summed E-state index contributed by atoms with van der Waals surface area (Å²) in [5.74, 6) is -0.0594. The Labute approximate surface area is 153 Å². The number of likely N-dealkylation sites (N-methyl/N-ethyl adjacent to an activating group) is 1. The van der Waals surface area contributed by atoms with Gasteiger partial charge in [0.25, 0.3) is 17.3 Å². The number of non-ortho nitro benzene ring substituents is 2. The van der Waals surface area contributed by atoms with E-state index in [1.807, 2.05) is 0 Å². The highest BCUT2D eigenvalue weighted by molar-refractivity contribution is 6.30. The van der Waals surface area contributed by atoms with E-state index in [1.54, 1.807) is 24.3 Å². The van der Waals surface area contributed by atoms with Gasteiger partial charge in [0.15, 0.2) is 0 Å². The number of halogens is 1. The van der Waals surface area contributed by atoms with Gasteiger partial charge < -0.3 is 9.64 Å². The predicted octanol–water partition coefficient (Wildman–Crippen LogP) is 3.31. The van der Waals surface area contributed by atoms with Crippen LogP contribution in [0, 0.1) is 20.2 Å². The number of rotatable bonds is 7. The molecule has 0 atom stereocenters. The molecular weight excluding hydrogens is 366 g/mol. The van der Waals surface area contributed by atoms with E-state index in [0.29, 0.717) is 10.8 Å². The molecule has 0 aliphatic carbocycles. The van der Waals surface area contributed by atoms with Gasteiger partial charge in [0.2, 0.25) is 0 Å². The number of benzene rings is 2. The first-order valence-electron chi connectivity index (χ1n) is 7.35. The summed E-state index contributed by atoms with van der Waals surface area (Å²) in [7, 11) is 1.47. The van der Waals surface area contributed by atoms with Gasteiger partial charge in [-0.15, -0.1) is 0 Å². The molecule has 1 amide bonds. The molecule has 0 radical (unpaired) electrons. The molecule has 0 bridgehead atoms. The highest BCUT2D eigenvalue weighted by atomic mass is 35.5. The number of nitrogens with zero attached hydrogens (tertiary/aromatic N) is 3. The lowest BCUT2D eigenvalue weighted by Crippen LogP contribution is -2.31. The lowest BCUT2D eigenvalue weighted by Gasteiger charge is -2.17. The van der Waals surface area contributed by atoms with Gasteiger partial charge in [-0.25, -0.2) is 0 Å². The monoisotopic (exact) mass is 379 g/mol. The first-order valence-corrected chi connectivity index (χ1v) is 7.73. The second-order valence-corrected chi connectivity index (χ2v) is 5.72. The van der Waals surface area contributed by atoms with Gasteiger partial charge >= 0.3 is 0 Å². The Kier molecular flexibility index (Phi) is 6.07. The molecule has 2 aromatic carbocycles. The minimum absolute atomic E-state index is 0.142. The Morgan fingerprint density at radius 3 is 2.27 bits per heavy atom. The lowest BCUT2D eigenvalue weighted by atomic mass is 10.1. The van der Waals surface area contributed by atoms with Crippen LogP contribution in [0.4, 0.5) is 11.4 Å². The van der Waals surface area contributed by atoms with Crippen molar-refractivity contribution < 1.29 is 19.4 Å². The summed E-state index contributed by atoms with van der Waals surface area (Å²) in [5.41, 5.74) is -1.19. The minimum atomic E-state index is -0.786. The third-order valence-electron chi connectivity index (χ3n) is 3.41. The van der Waals surface area contributed by atoms with Crippen LogP contribution in [0.5, 0.6) is 5.75 Å². The number of nitro groups is 2. The molecule has 26 heavy (non-hydrogen) atoms. The average Bonchev–Trinajstić information content (AvgIpc) is 2.60. The number of ether oxygens (including phenoxy) is 1. The van der Waals surface area contributed by atoms with Gasteiger partial charge in [-0.1, -0.05) is 17.7 Å². The molecule has 0 N–H and O–H groups in total. The van der Waals surface area contributed by atoms with E-state index in [1.165, 1.54) is 11.9 Å². The van der Waals surface area contributed by atoms with Crippen LogP contribution in [0.3, 0.4) is 0 Å². The minimum Gasteiger partial charge on any atom is -0.492 e. The molecule has 0 fully saturated rings. The maximum atomic E-state index is 12.4. The van der Waals surface area contributed by atoms with E-state index >= 15 is 0 Å². The predicted molar refractivity (Wildman–Crippen MR) is 93.7 cm³/mol. The maximum absolute atomic E-state index is 12.4. The quantitative estimate of drug-likeness (QED) is 0.538. The van der Waals surface area contributed by atoms with Crippen LogP contribution >= 0.6 is 11.6 Å². The van der Waals surface area contributed by atoms with Crippen molar-refractivity contribution in [3.05, 3.63) is 73.3 Å². The third-order valence-corrected chi connectivity index (χ3v) is 3.64. The number of carbonyl (C=O) groups excluding carboxylic acids is 1. The van der Waals surface area contributed by atoms with Crippen LogP contribution in [-0.2, 0) is 0 Å². The van der Waals surface area contributed by atoms with E-state index in [2.05, 4.69) is 0 Å². The first kappa shape index (κ1) is 19.1. The highest BCUT2D eigenvalue weighted by Gasteiger charge is 2.21. The van der Waals surface area contributed by atoms with E-state index in [-0.39, 0.29) is 18.7 Å². The molecule has 2 rings (SSSR count). The molecule has 0 saturated carbocycles. The third kappa shape index (κ3) is 4.90. The van der Waals surface area contributed by atoms with Crippen molar-refractivity contribution >= 4 is 28.9 Å². The summed E-state index contributed by atoms with van der Waals surface area (Å²) >= 11 is 5.84. The first-order chi connectivity index (χ1) is 12.3. The summed E-state index contributed by atoms with van der Waals surface area (Å²) in [6.07, 6.45) is 0. The summed E-state index contributed by atoms with van der Waals surface area (Å²) in [5, 5.41) is 22.3. The molecule has 2 aromatic rings. The van der Waals surface area contributed by atoms with Crippen LogP contribution in [0.15, 0.2) is 42.5 Å². The SMILES string of the molecule is CN(CCOc1cccc(Cl)c1)C(=O)c1cc([N+](=O)[O-])cc([N+](=O)[O-])c1. The fourth-order valence-electron chi connectivity index (χ4n) is 2.11. The van der Waals surface area contributed by atoms with Crippen molar-refractivity contribution in [3.63, 3.8) is 0 Å². The number of hydrogen-bond acceptors (Lipinski definition) is 6. The van der Waals surface area contributed by atoms with Gasteiger partial charge in [-0.2, -0.15) is 0 Å². The van der Waals surface area contributed by atoms with E-state index in [0.717, 1.165) is 18.2 Å². The Bertz CT molecular complexity index is 825. The van der Waals surface area contributed by atoms with Crippen LogP contribution in [0.2, 0.25) is 5.02 Å².